The van der Waals surface area contributed by atoms with Gasteiger partial charge in [0.15, 0.2) is 6.10 Å². The Bertz CT molecular complexity index is 820. The van der Waals surface area contributed by atoms with Crippen LogP contribution < -0.4 is 5.32 Å². The van der Waals surface area contributed by atoms with E-state index in [1.165, 1.54) is 43.3 Å². The summed E-state index contributed by atoms with van der Waals surface area (Å²) in [6.45, 7) is 2.91. The molecule has 0 unspecified atom stereocenters. The van der Waals surface area contributed by atoms with Crippen LogP contribution in [0.15, 0.2) is 42.5 Å². The van der Waals surface area contributed by atoms with Crippen molar-refractivity contribution in [2.75, 3.05) is 5.32 Å². The van der Waals surface area contributed by atoms with Crippen LogP contribution in [0.1, 0.15) is 22.8 Å². The number of ether oxygens (including phenoxy) is 1. The number of hydrogen-bond donors (Lipinski definition) is 1. The van der Waals surface area contributed by atoms with Crippen molar-refractivity contribution in [3.05, 3.63) is 69.5 Å². The van der Waals surface area contributed by atoms with Gasteiger partial charge in [-0.1, -0.05) is 6.07 Å². The second kappa shape index (κ2) is 7.52. The van der Waals surface area contributed by atoms with Crippen molar-refractivity contribution >= 4 is 23.3 Å². The van der Waals surface area contributed by atoms with Gasteiger partial charge in [-0.3, -0.25) is 14.9 Å². The van der Waals surface area contributed by atoms with Gasteiger partial charge in [0, 0.05) is 17.3 Å². The van der Waals surface area contributed by atoms with Crippen molar-refractivity contribution < 1.29 is 23.6 Å². The van der Waals surface area contributed by atoms with E-state index in [9.17, 15) is 24.1 Å². The van der Waals surface area contributed by atoms with Gasteiger partial charge in [0.2, 0.25) is 0 Å². The third kappa shape index (κ3) is 4.60. The molecule has 0 radical (unpaired) electrons. The number of nitro groups is 1. The fourth-order valence-electron chi connectivity index (χ4n) is 1.99. The maximum Gasteiger partial charge on any atom is 0.339 e. The Morgan fingerprint density at radius 2 is 1.84 bits per heavy atom. The molecule has 0 aromatic heterocycles. The van der Waals surface area contributed by atoms with E-state index in [-0.39, 0.29) is 11.3 Å². The van der Waals surface area contributed by atoms with Crippen LogP contribution in [0.5, 0.6) is 0 Å². The quantitative estimate of drug-likeness (QED) is 0.509. The van der Waals surface area contributed by atoms with Gasteiger partial charge in [-0.2, -0.15) is 0 Å². The van der Waals surface area contributed by atoms with E-state index in [0.29, 0.717) is 11.3 Å². The molecule has 25 heavy (non-hydrogen) atoms. The number of rotatable bonds is 5. The Hall–Kier alpha value is -3.29. The van der Waals surface area contributed by atoms with E-state index >= 15 is 0 Å². The molecular weight excluding hydrogens is 331 g/mol. The highest BCUT2D eigenvalue weighted by molar-refractivity contribution is 5.97. The highest BCUT2D eigenvalue weighted by Crippen LogP contribution is 2.20. The fourth-order valence-corrected chi connectivity index (χ4v) is 1.99. The minimum absolute atomic E-state index is 0.0290. The number of hydrogen-bond acceptors (Lipinski definition) is 5. The van der Waals surface area contributed by atoms with Gasteiger partial charge in [-0.25, -0.2) is 9.18 Å². The van der Waals surface area contributed by atoms with E-state index in [1.54, 1.807) is 6.92 Å². The number of benzene rings is 2. The molecule has 130 valence electrons. The normalized spacial score (nSPS) is 11.5. The molecular formula is C17H15FN2O5. The highest BCUT2D eigenvalue weighted by atomic mass is 19.1. The van der Waals surface area contributed by atoms with Gasteiger partial charge in [0.25, 0.3) is 11.6 Å². The van der Waals surface area contributed by atoms with Gasteiger partial charge in [-0.15, -0.1) is 0 Å². The Morgan fingerprint density at radius 3 is 2.44 bits per heavy atom. The van der Waals surface area contributed by atoms with E-state index in [2.05, 4.69) is 5.32 Å². The molecule has 8 heteroatoms. The number of nitrogens with zero attached hydrogens (tertiary/aromatic N) is 1. The van der Waals surface area contributed by atoms with Crippen molar-refractivity contribution in [3.8, 4) is 0 Å². The first kappa shape index (κ1) is 18.1. The van der Waals surface area contributed by atoms with E-state index in [0.717, 1.165) is 6.07 Å². The van der Waals surface area contributed by atoms with Crippen molar-refractivity contribution in [2.24, 2.45) is 0 Å². The minimum Gasteiger partial charge on any atom is -0.449 e. The van der Waals surface area contributed by atoms with E-state index in [1.807, 2.05) is 0 Å². The topological polar surface area (TPSA) is 98.5 Å². The number of aryl methyl sites for hydroxylation is 1. The first-order valence-corrected chi connectivity index (χ1v) is 7.30. The zero-order valence-corrected chi connectivity index (χ0v) is 13.5. The van der Waals surface area contributed by atoms with Crippen LogP contribution in [0.25, 0.3) is 0 Å². The van der Waals surface area contributed by atoms with Gasteiger partial charge in [0.1, 0.15) is 5.82 Å². The number of carbonyl (C=O) groups excluding carboxylic acids is 2. The molecule has 1 N–H and O–H groups in total. The molecule has 1 amide bonds. The van der Waals surface area contributed by atoms with E-state index in [4.69, 9.17) is 4.74 Å². The molecule has 0 aliphatic heterocycles. The van der Waals surface area contributed by atoms with Crippen molar-refractivity contribution in [3.63, 3.8) is 0 Å². The van der Waals surface area contributed by atoms with Gasteiger partial charge < -0.3 is 10.1 Å². The summed E-state index contributed by atoms with van der Waals surface area (Å²) in [6.07, 6.45) is -1.14. The molecule has 0 bridgehead atoms. The Balaban J connectivity index is 2.04. The Morgan fingerprint density at radius 1 is 1.20 bits per heavy atom. The zero-order valence-electron chi connectivity index (χ0n) is 13.5. The molecule has 2 rings (SSSR count). The predicted octanol–water partition coefficient (Wildman–Crippen LogP) is 3.23. The lowest BCUT2D eigenvalue weighted by Gasteiger charge is -2.13. The summed E-state index contributed by atoms with van der Waals surface area (Å²) in [4.78, 5) is 34.4. The molecule has 2 aromatic carbocycles. The minimum atomic E-state index is -1.14. The van der Waals surface area contributed by atoms with Crippen LogP contribution >= 0.6 is 0 Å². The van der Waals surface area contributed by atoms with Gasteiger partial charge in [-0.05, 0) is 44.2 Å². The summed E-state index contributed by atoms with van der Waals surface area (Å²) in [6, 6.07) is 9.00. The summed E-state index contributed by atoms with van der Waals surface area (Å²) < 4.78 is 17.9. The first-order valence-electron chi connectivity index (χ1n) is 7.30. The molecule has 7 nitrogen and oxygen atoms in total. The number of nitro benzene ring substituents is 1. The Labute approximate surface area is 142 Å². The number of carbonyl (C=O) groups is 2. The zero-order chi connectivity index (χ0) is 18.6. The molecule has 0 heterocycles. The summed E-state index contributed by atoms with van der Waals surface area (Å²) >= 11 is 0. The maximum absolute atomic E-state index is 12.8. The second-order valence-electron chi connectivity index (χ2n) is 5.30. The SMILES string of the molecule is Cc1ccc(C(=O)O[C@H](C)C(=O)Nc2ccc(F)cc2)cc1[N+](=O)[O-]. The number of nitrogens with one attached hydrogen (secondary N) is 1. The monoisotopic (exact) mass is 346 g/mol. The predicted molar refractivity (Wildman–Crippen MR) is 87.7 cm³/mol. The van der Waals surface area contributed by atoms with Crippen LogP contribution in [0.4, 0.5) is 15.8 Å². The molecule has 0 aliphatic rings. The average Bonchev–Trinajstić information content (AvgIpc) is 2.56. The standard InChI is InChI=1S/C17H15FN2O5/c1-10-3-4-12(9-15(10)20(23)24)17(22)25-11(2)16(21)19-14-7-5-13(18)6-8-14/h3-9,11H,1-2H3,(H,19,21)/t11-/m1/s1. The number of halogens is 1. The van der Waals surface area contributed by atoms with Crippen LogP contribution in [0.3, 0.4) is 0 Å². The van der Waals surface area contributed by atoms with Gasteiger partial charge >= 0.3 is 5.97 Å². The molecule has 0 spiro atoms. The molecule has 2 aromatic rings. The molecule has 0 saturated heterocycles. The molecule has 0 saturated carbocycles. The van der Waals surface area contributed by atoms with Crippen LogP contribution in [-0.2, 0) is 9.53 Å². The maximum atomic E-state index is 12.8. The van der Waals surface area contributed by atoms with E-state index < -0.39 is 28.7 Å². The number of amides is 1. The first-order chi connectivity index (χ1) is 11.8. The van der Waals surface area contributed by atoms with Crippen molar-refractivity contribution in [1.29, 1.82) is 0 Å². The average molecular weight is 346 g/mol. The molecule has 0 aliphatic carbocycles. The van der Waals surface area contributed by atoms with Crippen molar-refractivity contribution in [2.45, 2.75) is 20.0 Å². The third-order valence-electron chi connectivity index (χ3n) is 3.41. The summed E-state index contributed by atoms with van der Waals surface area (Å²) in [7, 11) is 0. The van der Waals surface area contributed by atoms with Crippen molar-refractivity contribution in [1.82, 2.24) is 0 Å². The van der Waals surface area contributed by atoms with Gasteiger partial charge in [0.05, 0.1) is 10.5 Å². The van der Waals surface area contributed by atoms with Crippen LogP contribution in [0.2, 0.25) is 0 Å². The fraction of sp³-hybridized carbons (Fsp3) is 0.176. The Kier molecular flexibility index (Phi) is 5.43. The smallest absolute Gasteiger partial charge is 0.339 e. The highest BCUT2D eigenvalue weighted by Gasteiger charge is 2.21. The lowest BCUT2D eigenvalue weighted by molar-refractivity contribution is -0.385. The number of anilines is 1. The van der Waals surface area contributed by atoms with Crippen LogP contribution in [-0.4, -0.2) is 22.9 Å². The summed E-state index contributed by atoms with van der Waals surface area (Å²) in [5.41, 5.74) is 0.514. The number of esters is 1. The lowest BCUT2D eigenvalue weighted by Crippen LogP contribution is -2.30. The summed E-state index contributed by atoms with van der Waals surface area (Å²) in [5, 5.41) is 13.4. The molecule has 0 fully saturated rings. The van der Waals surface area contributed by atoms with Crippen LogP contribution in [0, 0.1) is 22.9 Å². The lowest BCUT2D eigenvalue weighted by atomic mass is 10.1. The summed E-state index contributed by atoms with van der Waals surface area (Å²) in [5.74, 6) is -1.91. The second-order valence-corrected chi connectivity index (χ2v) is 5.30. The third-order valence-corrected chi connectivity index (χ3v) is 3.41. The molecule has 1 atom stereocenters. The largest absolute Gasteiger partial charge is 0.449 e.